The Morgan fingerprint density at radius 1 is 1.57 bits per heavy atom. The van der Waals surface area contributed by atoms with Crippen LogP contribution in [0.1, 0.15) is 12.8 Å². The maximum atomic E-state index is 5.06. The molecule has 1 saturated heterocycles. The van der Waals surface area contributed by atoms with Gasteiger partial charge in [0.1, 0.15) is 0 Å². The Balaban J connectivity index is 2.04. The van der Waals surface area contributed by atoms with Gasteiger partial charge in [0.15, 0.2) is 0 Å². The number of rotatable bonds is 0. The van der Waals surface area contributed by atoms with Crippen molar-refractivity contribution in [3.8, 4) is 0 Å². The lowest BCUT2D eigenvalue weighted by Gasteiger charge is -1.89. The second-order valence-corrected chi connectivity index (χ2v) is 2.42. The quantitative estimate of drug-likeness (QED) is 0.446. The van der Waals surface area contributed by atoms with Crippen LogP contribution < -0.4 is 0 Å². The van der Waals surface area contributed by atoms with Gasteiger partial charge in [-0.25, -0.2) is 0 Å². The van der Waals surface area contributed by atoms with Gasteiger partial charge in [-0.15, -0.1) is 0 Å². The highest BCUT2D eigenvalue weighted by atomic mass is 32.2. The molecule has 0 aromatic rings. The molecule has 1 radical (unpaired) electrons. The van der Waals surface area contributed by atoms with Crippen molar-refractivity contribution in [2.24, 2.45) is 0 Å². The fraction of sp³-hybridized carbons (Fsp3) is 0.800. The molecule has 1 aliphatic rings. The fourth-order valence-corrected chi connectivity index (χ4v) is 1.12. The Morgan fingerprint density at radius 2 is 2.57 bits per heavy atom. The van der Waals surface area contributed by atoms with Gasteiger partial charge in [-0.05, 0) is 31.3 Å². The molecule has 0 bridgehead atoms. The molecule has 0 N–H and O–H groups in total. The van der Waals surface area contributed by atoms with Gasteiger partial charge in [-0.1, -0.05) is 0 Å². The van der Waals surface area contributed by atoms with E-state index in [2.05, 4.69) is 6.42 Å². The van der Waals surface area contributed by atoms with Gasteiger partial charge in [-0.2, -0.15) is 0 Å². The molecule has 1 fully saturated rings. The van der Waals surface area contributed by atoms with Gasteiger partial charge in [0.25, 0.3) is 0 Å². The van der Waals surface area contributed by atoms with Gasteiger partial charge >= 0.3 is 0 Å². The highest BCUT2D eigenvalue weighted by Crippen LogP contribution is 2.12. The predicted octanol–water partition coefficient (Wildman–Crippen LogP) is 1.65. The van der Waals surface area contributed by atoms with Crippen molar-refractivity contribution in [2.75, 3.05) is 12.4 Å². The standard InChI is InChI=1S/C5H9OS/c1-2-4-6-7-5-3-1/h2H,1,3-5H2. The molecule has 2 heteroatoms. The van der Waals surface area contributed by atoms with Gasteiger partial charge < -0.3 is 4.18 Å². The summed E-state index contributed by atoms with van der Waals surface area (Å²) in [5, 5.41) is 0. The Hall–Kier alpha value is 0.310. The van der Waals surface area contributed by atoms with Crippen LogP contribution in [0.15, 0.2) is 0 Å². The number of hydrogen-bond donors (Lipinski definition) is 0. The molecule has 1 aliphatic heterocycles. The van der Waals surface area contributed by atoms with E-state index in [0.717, 1.165) is 12.4 Å². The normalized spacial score (nSPS) is 24.0. The van der Waals surface area contributed by atoms with Crippen LogP contribution in [-0.2, 0) is 4.18 Å². The van der Waals surface area contributed by atoms with E-state index in [1.807, 2.05) is 0 Å². The van der Waals surface area contributed by atoms with E-state index in [1.54, 1.807) is 12.0 Å². The van der Waals surface area contributed by atoms with Crippen molar-refractivity contribution in [1.29, 1.82) is 0 Å². The highest BCUT2D eigenvalue weighted by molar-refractivity contribution is 7.94. The van der Waals surface area contributed by atoms with Crippen LogP contribution in [0.5, 0.6) is 0 Å². The molecule has 0 saturated carbocycles. The molecule has 0 amide bonds. The first kappa shape index (κ1) is 5.45. The van der Waals surface area contributed by atoms with Gasteiger partial charge in [0.2, 0.25) is 0 Å². The largest absolute Gasteiger partial charge is 0.315 e. The third kappa shape index (κ3) is 2.19. The smallest absolute Gasteiger partial charge is 0.0645 e. The molecule has 0 aliphatic carbocycles. The van der Waals surface area contributed by atoms with Crippen molar-refractivity contribution >= 4 is 12.0 Å². The lowest BCUT2D eigenvalue weighted by molar-refractivity contribution is 0.413. The van der Waals surface area contributed by atoms with Crippen LogP contribution in [0.3, 0.4) is 0 Å². The average molecular weight is 117 g/mol. The molecular formula is C5H9OS. The summed E-state index contributed by atoms with van der Waals surface area (Å²) in [6, 6.07) is 0. The second kappa shape index (κ2) is 3.33. The molecule has 0 spiro atoms. The van der Waals surface area contributed by atoms with Crippen LogP contribution in [0.4, 0.5) is 0 Å². The first-order valence-electron chi connectivity index (χ1n) is 2.56. The topological polar surface area (TPSA) is 9.23 Å². The molecule has 1 nitrogen and oxygen atoms in total. The fourth-order valence-electron chi connectivity index (χ4n) is 0.525. The third-order valence-corrected chi connectivity index (χ3v) is 1.66. The molecule has 1 heterocycles. The summed E-state index contributed by atoms with van der Waals surface area (Å²) in [4.78, 5) is 0. The predicted molar refractivity (Wildman–Crippen MR) is 31.9 cm³/mol. The number of hydrogen-bond acceptors (Lipinski definition) is 2. The first-order valence-corrected chi connectivity index (χ1v) is 3.47. The molecule has 0 unspecified atom stereocenters. The molecule has 0 aromatic carbocycles. The SMILES string of the molecule is [CH]1CCCSOC1. The zero-order valence-corrected chi connectivity index (χ0v) is 5.04. The van der Waals surface area contributed by atoms with Crippen molar-refractivity contribution in [3.05, 3.63) is 6.42 Å². The second-order valence-electron chi connectivity index (χ2n) is 1.54. The summed E-state index contributed by atoms with van der Waals surface area (Å²) < 4.78 is 5.06. The Bertz CT molecular complexity index is 27.7. The average Bonchev–Trinajstić information content (AvgIpc) is 1.90. The summed E-state index contributed by atoms with van der Waals surface area (Å²) in [6.07, 6.45) is 4.69. The zero-order chi connectivity index (χ0) is 4.95. The first-order chi connectivity index (χ1) is 3.50. The molecule has 0 aromatic heterocycles. The summed E-state index contributed by atoms with van der Waals surface area (Å²) in [5.74, 6) is 1.16. The van der Waals surface area contributed by atoms with E-state index in [4.69, 9.17) is 4.18 Å². The molecule has 41 valence electrons. The molecular weight excluding hydrogens is 108 g/mol. The lowest BCUT2D eigenvalue weighted by atomic mass is 10.3. The molecule has 1 rings (SSSR count). The third-order valence-electron chi connectivity index (χ3n) is 0.905. The monoisotopic (exact) mass is 117 g/mol. The van der Waals surface area contributed by atoms with Crippen LogP contribution in [-0.4, -0.2) is 12.4 Å². The summed E-state index contributed by atoms with van der Waals surface area (Å²) in [7, 11) is 0. The Labute approximate surface area is 48.6 Å². The highest BCUT2D eigenvalue weighted by Gasteiger charge is 1.96. The minimum absolute atomic E-state index is 0.838. The van der Waals surface area contributed by atoms with E-state index in [9.17, 15) is 0 Å². The van der Waals surface area contributed by atoms with E-state index in [0.29, 0.717) is 0 Å². The Kier molecular flexibility index (Phi) is 2.59. The summed E-state index contributed by atoms with van der Waals surface area (Å²) >= 11 is 1.58. The minimum atomic E-state index is 0.838. The summed E-state index contributed by atoms with van der Waals surface area (Å²) in [6.45, 7) is 0.838. The van der Waals surface area contributed by atoms with E-state index >= 15 is 0 Å². The van der Waals surface area contributed by atoms with Crippen LogP contribution in [0, 0.1) is 6.42 Å². The lowest BCUT2D eigenvalue weighted by Crippen LogP contribution is -1.80. The van der Waals surface area contributed by atoms with E-state index in [-0.39, 0.29) is 0 Å². The van der Waals surface area contributed by atoms with Crippen LogP contribution >= 0.6 is 12.0 Å². The van der Waals surface area contributed by atoms with Crippen molar-refractivity contribution in [2.45, 2.75) is 12.8 Å². The summed E-state index contributed by atoms with van der Waals surface area (Å²) in [5.41, 5.74) is 0. The van der Waals surface area contributed by atoms with E-state index < -0.39 is 0 Å². The van der Waals surface area contributed by atoms with Gasteiger partial charge in [0, 0.05) is 5.75 Å². The molecule has 0 atom stereocenters. The van der Waals surface area contributed by atoms with Crippen LogP contribution in [0.2, 0.25) is 0 Å². The van der Waals surface area contributed by atoms with Crippen molar-refractivity contribution in [1.82, 2.24) is 0 Å². The zero-order valence-electron chi connectivity index (χ0n) is 4.22. The van der Waals surface area contributed by atoms with E-state index in [1.165, 1.54) is 12.8 Å². The minimum Gasteiger partial charge on any atom is -0.315 e. The Morgan fingerprint density at radius 3 is 3.57 bits per heavy atom. The van der Waals surface area contributed by atoms with Gasteiger partial charge in [0.05, 0.1) is 6.61 Å². The van der Waals surface area contributed by atoms with Crippen molar-refractivity contribution in [3.63, 3.8) is 0 Å². The molecule has 7 heavy (non-hydrogen) atoms. The maximum absolute atomic E-state index is 5.06. The van der Waals surface area contributed by atoms with Crippen LogP contribution in [0.25, 0.3) is 0 Å². The maximum Gasteiger partial charge on any atom is 0.0645 e. The van der Waals surface area contributed by atoms with Crippen molar-refractivity contribution < 1.29 is 4.18 Å². The van der Waals surface area contributed by atoms with Gasteiger partial charge in [-0.3, -0.25) is 0 Å².